The Balaban J connectivity index is 1.58. The monoisotopic (exact) mass is 800 g/mol. The van der Waals surface area contributed by atoms with Gasteiger partial charge in [0.1, 0.15) is 17.9 Å². The molecule has 3 aliphatic heterocycles. The van der Waals surface area contributed by atoms with Gasteiger partial charge < -0.3 is 39.5 Å². The smallest absolute Gasteiger partial charge is 0.329 e. The van der Waals surface area contributed by atoms with E-state index in [0.29, 0.717) is 69.9 Å². The van der Waals surface area contributed by atoms with Crippen LogP contribution in [0.15, 0.2) is 47.6 Å². The Labute approximate surface area is 341 Å². The van der Waals surface area contributed by atoms with E-state index >= 15 is 0 Å². The molecule has 57 heavy (non-hydrogen) atoms. The highest BCUT2D eigenvalue weighted by Gasteiger charge is 2.46. The van der Waals surface area contributed by atoms with Crippen molar-refractivity contribution in [2.24, 2.45) is 29.6 Å². The number of ketones is 1. The molecule has 2 saturated heterocycles. The second-order valence-electron chi connectivity index (χ2n) is 18.0. The van der Waals surface area contributed by atoms with Crippen LogP contribution in [0.1, 0.15) is 131 Å². The van der Waals surface area contributed by atoms with Gasteiger partial charge in [0.05, 0.1) is 36.9 Å². The number of allylic oxidation sites excluding steroid dienone is 5. The molecule has 13 atom stereocenters. The first-order chi connectivity index (χ1) is 27.0. The summed E-state index contributed by atoms with van der Waals surface area (Å²) in [6.07, 6.45) is 15.1. The van der Waals surface area contributed by atoms with Gasteiger partial charge in [0, 0.05) is 38.3 Å². The Morgan fingerprint density at radius 1 is 1.00 bits per heavy atom. The highest BCUT2D eigenvalue weighted by atomic mass is 16.6. The van der Waals surface area contributed by atoms with Crippen molar-refractivity contribution < 1.29 is 49.0 Å². The molecule has 1 unspecified atom stereocenters. The minimum atomic E-state index is -1.71. The third kappa shape index (κ3) is 13.7. The number of Topliss-reactive ketones (excluding diaryl/α,β-unsaturated/α-hetero) is 1. The number of aliphatic hydroxyl groups excluding tert-OH is 3. The first kappa shape index (κ1) is 47.0. The molecule has 4 N–H and O–H groups in total. The van der Waals surface area contributed by atoms with Gasteiger partial charge >= 0.3 is 5.97 Å². The largest absolute Gasteiger partial charge is 0.456 e. The summed E-state index contributed by atoms with van der Waals surface area (Å²) in [5.74, 6) is -3.07. The zero-order valence-electron chi connectivity index (χ0n) is 35.7. The van der Waals surface area contributed by atoms with Crippen LogP contribution in [0.25, 0.3) is 0 Å². The first-order valence-corrected chi connectivity index (χ1v) is 21.7. The number of methoxy groups -OCH3 is 1. The van der Waals surface area contributed by atoms with Crippen molar-refractivity contribution in [3.63, 3.8) is 0 Å². The number of ether oxygens (including phenoxy) is 3. The van der Waals surface area contributed by atoms with Crippen molar-refractivity contribution in [3.05, 3.63) is 47.6 Å². The minimum Gasteiger partial charge on any atom is -0.456 e. The Hall–Kier alpha value is -2.67. The van der Waals surface area contributed by atoms with Gasteiger partial charge in [-0.2, -0.15) is 0 Å². The standard InChI is InChI=1S/C46H73NO10/c1-29-13-9-8-10-14-30(2)42(55-7)26-36-19-17-34(6)46(54,57-36)28-44(52)47-22-12-11-15-37(47)45(53)56-43(27-40(50)32(4)23-29)31(3)16-20-38(48)33(5)24-35-18-21-39(49)41(51)25-35/h8-10,13-14,16,29,32-39,41-43,48-49,51,54H,11-12,15,17-28H2,1-7H3/b10-8-,13-9-,30-14-,31-16+/t29-,32-,33-,34-,35+,36+,37+,38?,39-,41-,42+,43+,46+/m1/s1. The Morgan fingerprint density at radius 2 is 1.75 bits per heavy atom. The molecular formula is C46H73NO10. The summed E-state index contributed by atoms with van der Waals surface area (Å²) in [5.41, 5.74) is 1.67. The van der Waals surface area contributed by atoms with Gasteiger partial charge in [-0.05, 0) is 113 Å². The van der Waals surface area contributed by atoms with Gasteiger partial charge in [0.15, 0.2) is 5.79 Å². The number of nitrogens with zero attached hydrogens (tertiary/aromatic N) is 1. The van der Waals surface area contributed by atoms with Gasteiger partial charge in [0.25, 0.3) is 0 Å². The van der Waals surface area contributed by atoms with Gasteiger partial charge in [-0.25, -0.2) is 4.79 Å². The number of esters is 1. The molecule has 11 heteroatoms. The minimum absolute atomic E-state index is 0.0303. The predicted octanol–water partition coefficient (Wildman–Crippen LogP) is 6.52. The lowest BCUT2D eigenvalue weighted by molar-refractivity contribution is -0.284. The molecule has 4 aliphatic rings. The molecule has 0 aromatic carbocycles. The van der Waals surface area contributed by atoms with E-state index in [1.54, 1.807) is 7.11 Å². The third-order valence-corrected chi connectivity index (χ3v) is 13.2. The van der Waals surface area contributed by atoms with Crippen molar-refractivity contribution in [2.45, 2.75) is 180 Å². The van der Waals surface area contributed by atoms with E-state index in [1.165, 1.54) is 4.90 Å². The number of aliphatic hydroxyl groups is 4. The van der Waals surface area contributed by atoms with E-state index in [1.807, 2.05) is 65.0 Å². The maximum absolute atomic E-state index is 14.1. The number of amides is 1. The van der Waals surface area contributed by atoms with E-state index in [9.17, 15) is 34.8 Å². The van der Waals surface area contributed by atoms with Crippen molar-refractivity contribution in [3.8, 4) is 0 Å². The molecule has 0 spiro atoms. The van der Waals surface area contributed by atoms with E-state index < -0.39 is 42.2 Å². The molecule has 3 heterocycles. The van der Waals surface area contributed by atoms with Gasteiger partial charge in [-0.1, -0.05) is 64.2 Å². The van der Waals surface area contributed by atoms with Crippen LogP contribution in [0.2, 0.25) is 0 Å². The van der Waals surface area contributed by atoms with E-state index in [0.717, 1.165) is 24.8 Å². The molecule has 1 aliphatic carbocycles. The quantitative estimate of drug-likeness (QED) is 0.165. The van der Waals surface area contributed by atoms with E-state index in [4.69, 9.17) is 14.2 Å². The Kier molecular flexibility index (Phi) is 18.2. The molecule has 0 radical (unpaired) electrons. The van der Waals surface area contributed by atoms with Crippen LogP contribution >= 0.6 is 0 Å². The molecule has 0 aromatic rings. The van der Waals surface area contributed by atoms with E-state index in [2.05, 4.69) is 13.0 Å². The number of fused-ring (bicyclic) bond motifs is 3. The SMILES string of the molecule is CO[C@H]1C[C@@H]2CC[C@@H](C)[C@](O)(CC(=O)N3CCCC[C@H]3C(=O)O[C@H](/C(C)=C/CC(O)[C@H](C)C[C@@H]3CC[C@@H](O)[C@H](O)C3)CC(=O)[C@H](C)C[C@H](C)\C=C/C=C\C=C/1C)O2. The molecule has 11 nitrogen and oxygen atoms in total. The number of rotatable bonds is 7. The number of piperidine rings is 1. The lowest BCUT2D eigenvalue weighted by Gasteiger charge is -2.44. The summed E-state index contributed by atoms with van der Waals surface area (Å²) >= 11 is 0. The second-order valence-corrected chi connectivity index (χ2v) is 18.0. The second kappa shape index (κ2) is 22.1. The lowest BCUT2D eigenvalue weighted by atomic mass is 9.79. The summed E-state index contributed by atoms with van der Waals surface area (Å²) in [4.78, 5) is 43.5. The van der Waals surface area contributed by atoms with Gasteiger partial charge in [-0.15, -0.1) is 0 Å². The molecule has 1 saturated carbocycles. The topological polar surface area (TPSA) is 163 Å². The summed E-state index contributed by atoms with van der Waals surface area (Å²) < 4.78 is 18.4. The number of carbonyl (C=O) groups excluding carboxylic acids is 3. The van der Waals surface area contributed by atoms with E-state index in [-0.39, 0.29) is 66.3 Å². The number of hydrogen-bond acceptors (Lipinski definition) is 10. The summed E-state index contributed by atoms with van der Waals surface area (Å²) in [6, 6.07) is -0.868. The third-order valence-electron chi connectivity index (χ3n) is 13.2. The highest BCUT2D eigenvalue weighted by molar-refractivity contribution is 5.86. The van der Waals surface area contributed by atoms with Crippen LogP contribution < -0.4 is 0 Å². The fourth-order valence-corrected chi connectivity index (χ4v) is 9.09. The van der Waals surface area contributed by atoms with Crippen LogP contribution in [0.5, 0.6) is 0 Å². The number of hydrogen-bond donors (Lipinski definition) is 4. The zero-order valence-corrected chi connectivity index (χ0v) is 35.7. The predicted molar refractivity (Wildman–Crippen MR) is 220 cm³/mol. The molecular weight excluding hydrogens is 727 g/mol. The van der Waals surface area contributed by atoms with Gasteiger partial charge in [-0.3, -0.25) is 9.59 Å². The van der Waals surface area contributed by atoms with Crippen molar-refractivity contribution in [2.75, 3.05) is 13.7 Å². The summed E-state index contributed by atoms with van der Waals surface area (Å²) in [6.45, 7) is 12.0. The Morgan fingerprint density at radius 3 is 2.47 bits per heavy atom. The maximum atomic E-state index is 14.1. The summed E-state index contributed by atoms with van der Waals surface area (Å²) in [7, 11) is 1.66. The van der Waals surface area contributed by atoms with Crippen LogP contribution in [0.4, 0.5) is 0 Å². The molecule has 3 fully saturated rings. The average Bonchev–Trinajstić information content (AvgIpc) is 3.17. The van der Waals surface area contributed by atoms with Crippen molar-refractivity contribution in [1.29, 1.82) is 0 Å². The normalized spacial score (nSPS) is 39.2. The summed E-state index contributed by atoms with van der Waals surface area (Å²) in [5, 5.41) is 43.1. The molecule has 2 bridgehead atoms. The first-order valence-electron chi connectivity index (χ1n) is 21.7. The molecule has 0 aromatic heterocycles. The van der Waals surface area contributed by atoms with Crippen LogP contribution in [0.3, 0.4) is 0 Å². The fraction of sp³-hybridized carbons (Fsp3) is 0.761. The number of cyclic esters (lactones) is 1. The Bertz CT molecular complexity index is 1460. The fourth-order valence-electron chi connectivity index (χ4n) is 9.09. The highest BCUT2D eigenvalue weighted by Crippen LogP contribution is 2.38. The molecule has 322 valence electrons. The van der Waals surface area contributed by atoms with Crippen LogP contribution in [0, 0.1) is 29.6 Å². The maximum Gasteiger partial charge on any atom is 0.329 e. The molecule has 4 rings (SSSR count). The molecule has 1 amide bonds. The van der Waals surface area contributed by atoms with Crippen LogP contribution in [-0.2, 0) is 28.6 Å². The van der Waals surface area contributed by atoms with Crippen LogP contribution in [-0.4, -0.2) is 105 Å². The lowest BCUT2D eigenvalue weighted by Crippen LogP contribution is -2.54. The number of carbonyl (C=O) groups is 3. The average molecular weight is 800 g/mol. The van der Waals surface area contributed by atoms with Crippen molar-refractivity contribution in [1.82, 2.24) is 4.90 Å². The zero-order chi connectivity index (χ0) is 41.9. The van der Waals surface area contributed by atoms with Crippen molar-refractivity contribution >= 4 is 17.7 Å². The van der Waals surface area contributed by atoms with Gasteiger partial charge in [0.2, 0.25) is 5.91 Å².